The summed E-state index contributed by atoms with van der Waals surface area (Å²) in [6.45, 7) is 0.392. The Labute approximate surface area is 125 Å². The molecule has 1 saturated carbocycles. The molecule has 0 bridgehead atoms. The van der Waals surface area contributed by atoms with Crippen molar-refractivity contribution in [3.05, 3.63) is 35.4 Å². The molecular weight excluding hydrogens is 266 g/mol. The highest BCUT2D eigenvalue weighted by Crippen LogP contribution is 2.22. The van der Waals surface area contributed by atoms with E-state index in [0.717, 1.165) is 37.7 Å². The normalized spacial score (nSPS) is 22.3. The number of amides is 2. The predicted octanol–water partition coefficient (Wildman–Crippen LogP) is 1.31. The molecule has 0 aromatic heterocycles. The molecule has 1 aliphatic carbocycles. The molecule has 1 aliphatic rings. The van der Waals surface area contributed by atoms with Gasteiger partial charge in [-0.25, -0.2) is 0 Å². The molecule has 0 heterocycles. The van der Waals surface area contributed by atoms with Crippen LogP contribution in [0.5, 0.6) is 0 Å². The fraction of sp³-hybridized carbons (Fsp3) is 0.500. The number of carbonyl (C=O) groups excluding carboxylic acids is 2. The first-order chi connectivity index (χ1) is 10.1. The van der Waals surface area contributed by atoms with E-state index >= 15 is 0 Å². The quantitative estimate of drug-likeness (QED) is 0.729. The summed E-state index contributed by atoms with van der Waals surface area (Å²) in [5.41, 5.74) is 12.7. The molecule has 0 saturated heterocycles. The van der Waals surface area contributed by atoms with Crippen molar-refractivity contribution in [3.8, 4) is 0 Å². The third-order valence-corrected chi connectivity index (χ3v) is 4.08. The van der Waals surface area contributed by atoms with Gasteiger partial charge >= 0.3 is 0 Å². The molecule has 0 spiro atoms. The van der Waals surface area contributed by atoms with Gasteiger partial charge in [0.25, 0.3) is 0 Å². The van der Waals surface area contributed by atoms with Crippen molar-refractivity contribution in [3.63, 3.8) is 0 Å². The van der Waals surface area contributed by atoms with Gasteiger partial charge in [-0.3, -0.25) is 9.59 Å². The van der Waals surface area contributed by atoms with Crippen molar-refractivity contribution in [2.45, 2.75) is 44.7 Å². The predicted molar refractivity (Wildman–Crippen MR) is 81.4 cm³/mol. The Balaban J connectivity index is 1.94. The number of benzene rings is 1. The van der Waals surface area contributed by atoms with Crippen LogP contribution in [-0.2, 0) is 11.3 Å². The van der Waals surface area contributed by atoms with Gasteiger partial charge in [-0.15, -0.1) is 0 Å². The minimum Gasteiger partial charge on any atom is -0.366 e. The molecule has 0 aliphatic heterocycles. The Kier molecular flexibility index (Phi) is 5.33. The van der Waals surface area contributed by atoms with Crippen LogP contribution in [0.4, 0.5) is 0 Å². The number of hydrogen-bond acceptors (Lipinski definition) is 3. The molecule has 2 amide bonds. The molecular formula is C16H23N3O2. The Bertz CT molecular complexity index is 516. The van der Waals surface area contributed by atoms with E-state index in [1.54, 1.807) is 18.2 Å². The average molecular weight is 289 g/mol. The highest BCUT2D eigenvalue weighted by atomic mass is 16.2. The van der Waals surface area contributed by atoms with Gasteiger partial charge in [0.15, 0.2) is 0 Å². The summed E-state index contributed by atoms with van der Waals surface area (Å²) in [4.78, 5) is 23.4. The van der Waals surface area contributed by atoms with Gasteiger partial charge < -0.3 is 16.8 Å². The molecule has 5 nitrogen and oxygen atoms in total. The zero-order valence-electron chi connectivity index (χ0n) is 12.2. The molecule has 2 atom stereocenters. The third-order valence-electron chi connectivity index (χ3n) is 4.08. The molecule has 1 aromatic carbocycles. The molecule has 114 valence electrons. The lowest BCUT2D eigenvalue weighted by molar-refractivity contribution is -0.126. The van der Waals surface area contributed by atoms with E-state index < -0.39 is 5.91 Å². The SMILES string of the molecule is NC(=O)c1cccc(CNC(=O)C2CCCCCC2N)c1. The second-order valence-corrected chi connectivity index (χ2v) is 5.69. The summed E-state index contributed by atoms with van der Waals surface area (Å²) in [6, 6.07) is 6.94. The summed E-state index contributed by atoms with van der Waals surface area (Å²) in [7, 11) is 0. The van der Waals surface area contributed by atoms with Crippen LogP contribution in [0.25, 0.3) is 0 Å². The van der Waals surface area contributed by atoms with Crippen LogP contribution in [0.3, 0.4) is 0 Å². The van der Waals surface area contributed by atoms with Crippen LogP contribution >= 0.6 is 0 Å². The average Bonchev–Trinajstić information content (AvgIpc) is 2.69. The van der Waals surface area contributed by atoms with Crippen LogP contribution in [0, 0.1) is 5.92 Å². The van der Waals surface area contributed by atoms with E-state index in [1.165, 1.54) is 0 Å². The van der Waals surface area contributed by atoms with Crippen LogP contribution in [0.2, 0.25) is 0 Å². The first-order valence-corrected chi connectivity index (χ1v) is 7.50. The first-order valence-electron chi connectivity index (χ1n) is 7.50. The van der Waals surface area contributed by atoms with Crippen molar-refractivity contribution in [1.82, 2.24) is 5.32 Å². The number of hydrogen-bond donors (Lipinski definition) is 3. The maximum Gasteiger partial charge on any atom is 0.248 e. The summed E-state index contributed by atoms with van der Waals surface area (Å²) in [5.74, 6) is -0.560. The zero-order valence-corrected chi connectivity index (χ0v) is 12.2. The summed E-state index contributed by atoms with van der Waals surface area (Å²) < 4.78 is 0. The van der Waals surface area contributed by atoms with E-state index in [1.807, 2.05) is 6.07 Å². The van der Waals surface area contributed by atoms with Gasteiger partial charge in [-0.1, -0.05) is 31.4 Å². The van der Waals surface area contributed by atoms with Gasteiger partial charge in [-0.2, -0.15) is 0 Å². The smallest absolute Gasteiger partial charge is 0.248 e. The van der Waals surface area contributed by atoms with Gasteiger partial charge in [0.1, 0.15) is 0 Å². The molecule has 5 heteroatoms. The van der Waals surface area contributed by atoms with Crippen LogP contribution in [0.15, 0.2) is 24.3 Å². The van der Waals surface area contributed by atoms with Gasteiger partial charge in [0.2, 0.25) is 11.8 Å². The first kappa shape index (κ1) is 15.5. The molecule has 5 N–H and O–H groups in total. The van der Waals surface area contributed by atoms with Crippen LogP contribution in [-0.4, -0.2) is 17.9 Å². The van der Waals surface area contributed by atoms with Gasteiger partial charge in [0, 0.05) is 18.2 Å². The van der Waals surface area contributed by atoms with E-state index in [9.17, 15) is 9.59 Å². The lowest BCUT2D eigenvalue weighted by Crippen LogP contribution is -2.41. The van der Waals surface area contributed by atoms with Crippen molar-refractivity contribution < 1.29 is 9.59 Å². The van der Waals surface area contributed by atoms with Crippen LogP contribution in [0.1, 0.15) is 48.0 Å². The molecule has 21 heavy (non-hydrogen) atoms. The third kappa shape index (κ3) is 4.29. The lowest BCUT2D eigenvalue weighted by Gasteiger charge is -2.20. The van der Waals surface area contributed by atoms with Crippen molar-refractivity contribution in [1.29, 1.82) is 0 Å². The number of primary amides is 1. The fourth-order valence-corrected chi connectivity index (χ4v) is 2.82. The minimum absolute atomic E-state index is 0.00822. The maximum atomic E-state index is 12.3. The number of carbonyl (C=O) groups is 2. The largest absolute Gasteiger partial charge is 0.366 e. The second kappa shape index (κ2) is 7.22. The topological polar surface area (TPSA) is 98.2 Å². The highest BCUT2D eigenvalue weighted by molar-refractivity contribution is 5.92. The Morgan fingerprint density at radius 2 is 1.95 bits per heavy atom. The number of nitrogens with one attached hydrogen (secondary N) is 1. The number of rotatable bonds is 4. The monoisotopic (exact) mass is 289 g/mol. The van der Waals surface area contributed by atoms with Crippen molar-refractivity contribution in [2.24, 2.45) is 17.4 Å². The lowest BCUT2D eigenvalue weighted by atomic mass is 9.94. The molecule has 2 unspecified atom stereocenters. The Morgan fingerprint density at radius 3 is 2.71 bits per heavy atom. The van der Waals surface area contributed by atoms with Crippen molar-refractivity contribution >= 4 is 11.8 Å². The molecule has 1 aromatic rings. The fourth-order valence-electron chi connectivity index (χ4n) is 2.82. The van der Waals surface area contributed by atoms with Crippen LogP contribution < -0.4 is 16.8 Å². The van der Waals surface area contributed by atoms with Gasteiger partial charge in [0.05, 0.1) is 5.92 Å². The molecule has 0 radical (unpaired) electrons. The Morgan fingerprint density at radius 1 is 1.19 bits per heavy atom. The highest BCUT2D eigenvalue weighted by Gasteiger charge is 2.26. The second-order valence-electron chi connectivity index (χ2n) is 5.69. The van der Waals surface area contributed by atoms with Gasteiger partial charge in [-0.05, 0) is 30.5 Å². The number of nitrogens with two attached hydrogens (primary N) is 2. The van der Waals surface area contributed by atoms with Crippen molar-refractivity contribution in [2.75, 3.05) is 0 Å². The Hall–Kier alpha value is -1.88. The molecule has 2 rings (SSSR count). The van der Waals surface area contributed by atoms with E-state index in [4.69, 9.17) is 11.5 Å². The standard InChI is InChI=1S/C16H23N3O2/c17-14-8-3-1-2-7-13(14)16(21)19-10-11-5-4-6-12(9-11)15(18)20/h4-6,9,13-14H,1-3,7-8,10,17H2,(H2,18,20)(H,19,21). The molecule has 1 fully saturated rings. The maximum absolute atomic E-state index is 12.3. The van der Waals surface area contributed by atoms with E-state index in [-0.39, 0.29) is 17.9 Å². The minimum atomic E-state index is -0.464. The summed E-state index contributed by atoms with van der Waals surface area (Å²) in [6.07, 6.45) is 5.08. The zero-order chi connectivity index (χ0) is 15.2. The summed E-state index contributed by atoms with van der Waals surface area (Å²) in [5, 5.41) is 2.92. The van der Waals surface area contributed by atoms with E-state index in [0.29, 0.717) is 12.1 Å². The summed E-state index contributed by atoms with van der Waals surface area (Å²) >= 11 is 0. The van der Waals surface area contributed by atoms with E-state index in [2.05, 4.69) is 5.32 Å².